The van der Waals surface area contributed by atoms with Gasteiger partial charge in [-0.1, -0.05) is 188 Å². The van der Waals surface area contributed by atoms with Gasteiger partial charge in [0, 0.05) is 213 Å². The smallest absolute Gasteiger partial charge is 0.219 e. The van der Waals surface area contributed by atoms with Crippen LogP contribution in [0.1, 0.15) is 173 Å². The maximum absolute atomic E-state index is 12.7. The summed E-state index contributed by atoms with van der Waals surface area (Å²) in [6.07, 6.45) is 2.81. The van der Waals surface area contributed by atoms with Crippen molar-refractivity contribution in [3.8, 4) is 0 Å². The number of aliphatic hydroxyl groups is 2. The van der Waals surface area contributed by atoms with Crippen LogP contribution in [0, 0.1) is 29.6 Å². The number of rotatable bonds is 25. The standard InChI is InChI=1S/3C18H25ClN2O2.2C17H24ClNO2/c3*1-13(2)18(23)17(15-4-6-16(19)7-5-15)12-20-8-10-21(11-9-20)14(3)22;2*1-12(2)17(21)16(13-3-5-14(18)6-4-13)11-19-9-7-15(20)8-10-19/h3*4-7,13,17H,8-12H2,1-3H3;2*3-6,12,15-16,20H,7-11H2,1-2H3/t3*17-;2*16-/m11010/s1. The number of amides is 3. The first-order chi connectivity index (χ1) is 52.6. The van der Waals surface area contributed by atoms with Crippen LogP contribution in [0.2, 0.25) is 25.1 Å². The Hall–Kier alpha value is -5.97. The van der Waals surface area contributed by atoms with E-state index >= 15 is 0 Å². The van der Waals surface area contributed by atoms with Crippen LogP contribution in [0.5, 0.6) is 0 Å². The molecule has 5 aliphatic rings. The van der Waals surface area contributed by atoms with Crippen LogP contribution < -0.4 is 0 Å². The van der Waals surface area contributed by atoms with Crippen molar-refractivity contribution in [2.24, 2.45) is 29.6 Å². The van der Waals surface area contributed by atoms with E-state index in [1.54, 1.807) is 20.8 Å². The summed E-state index contributed by atoms with van der Waals surface area (Å²) in [4.78, 5) is 114. The van der Waals surface area contributed by atoms with E-state index in [2.05, 4.69) is 24.5 Å². The van der Waals surface area contributed by atoms with E-state index in [1.807, 2.05) is 205 Å². The molecule has 5 heterocycles. The zero-order valence-corrected chi connectivity index (χ0v) is 71.6. The second kappa shape index (κ2) is 47.2. The van der Waals surface area contributed by atoms with Crippen LogP contribution in [0.4, 0.5) is 0 Å². The second-order valence-corrected chi connectivity index (χ2v) is 34.0. The Kier molecular flexibility index (Phi) is 39.9. The van der Waals surface area contributed by atoms with Crippen LogP contribution in [-0.2, 0) is 38.4 Å². The molecular weight excluding hydrogens is 1510 g/mol. The fraction of sp³-hybridized carbons (Fsp3) is 0.568. The van der Waals surface area contributed by atoms with Gasteiger partial charge in [0.15, 0.2) is 0 Å². The summed E-state index contributed by atoms with van der Waals surface area (Å²) in [5.74, 6) is 1.01. The molecule has 0 aliphatic carbocycles. The van der Waals surface area contributed by atoms with E-state index in [9.17, 15) is 48.6 Å². The predicted octanol–water partition coefficient (Wildman–Crippen LogP) is 14.6. The molecule has 0 spiro atoms. The fourth-order valence-corrected chi connectivity index (χ4v) is 15.1. The molecule has 0 radical (unpaired) electrons. The van der Waals surface area contributed by atoms with Gasteiger partial charge in [-0.15, -0.1) is 0 Å². The summed E-state index contributed by atoms with van der Waals surface area (Å²) in [7, 11) is 0. The lowest BCUT2D eigenvalue weighted by atomic mass is 9.88. The fourth-order valence-electron chi connectivity index (χ4n) is 14.5. The van der Waals surface area contributed by atoms with Gasteiger partial charge in [0.05, 0.1) is 41.8 Å². The largest absolute Gasteiger partial charge is 0.393 e. The number of carbonyl (C=O) groups is 8. The molecule has 18 nitrogen and oxygen atoms in total. The van der Waals surface area contributed by atoms with Crippen LogP contribution >= 0.6 is 58.0 Å². The van der Waals surface area contributed by atoms with Crippen molar-refractivity contribution in [2.75, 3.05) is 137 Å². The summed E-state index contributed by atoms with van der Waals surface area (Å²) in [5, 5.41) is 22.6. The highest BCUT2D eigenvalue weighted by Crippen LogP contribution is 2.31. The number of aliphatic hydroxyl groups excluding tert-OH is 2. The van der Waals surface area contributed by atoms with Crippen molar-refractivity contribution in [3.63, 3.8) is 0 Å². The molecule has 5 atom stereocenters. The second-order valence-electron chi connectivity index (χ2n) is 31.8. The number of ketones is 5. The molecule has 0 unspecified atom stereocenters. The van der Waals surface area contributed by atoms with E-state index in [-0.39, 0.29) is 118 Å². The molecule has 5 aromatic rings. The number of piperidine rings is 2. The first-order valence-corrected chi connectivity index (χ1v) is 41.7. The van der Waals surface area contributed by atoms with Gasteiger partial charge in [-0.05, 0) is 114 Å². The van der Waals surface area contributed by atoms with Crippen LogP contribution in [0.25, 0.3) is 0 Å². The number of piperazine rings is 3. The number of likely N-dealkylation sites (tertiary alicyclic amines) is 2. The Labute approximate surface area is 686 Å². The van der Waals surface area contributed by atoms with Crippen LogP contribution in [0.3, 0.4) is 0 Å². The molecule has 0 bridgehead atoms. The molecule has 2 N–H and O–H groups in total. The van der Waals surface area contributed by atoms with Gasteiger partial charge >= 0.3 is 0 Å². The average molecular weight is 1630 g/mol. The Balaban J connectivity index is 0.000000217. The van der Waals surface area contributed by atoms with Crippen molar-refractivity contribution < 1.29 is 48.6 Å². The Morgan fingerprint density at radius 1 is 0.270 bits per heavy atom. The SMILES string of the molecule is CC(=O)N1CCN(C[C@@H](C(=O)C(C)C)c2ccc(Cl)cc2)CC1.CC(=O)N1CCN(C[C@@H](C(=O)C(C)C)c2ccc(Cl)cc2)CC1.CC(=O)N1CCN(C[C@H](C(=O)C(C)C)c2ccc(Cl)cc2)CC1.CC(C)C(=O)[C@@H](CN1CCC(O)CC1)c1ccc(Cl)cc1.CC(C)C(=O)[C@H](CN1CCC(O)CC1)c1ccc(Cl)cc1. The maximum atomic E-state index is 12.7. The van der Waals surface area contributed by atoms with E-state index in [1.165, 1.54) is 0 Å². The maximum Gasteiger partial charge on any atom is 0.219 e. The summed E-state index contributed by atoms with van der Waals surface area (Å²) in [6, 6.07) is 37.9. The lowest BCUT2D eigenvalue weighted by Gasteiger charge is -2.36. The highest BCUT2D eigenvalue weighted by Gasteiger charge is 2.34. The Bertz CT molecular complexity index is 3370. The third-order valence-electron chi connectivity index (χ3n) is 21.7. The highest BCUT2D eigenvalue weighted by atomic mass is 35.5. The molecule has 0 aromatic heterocycles. The summed E-state index contributed by atoms with van der Waals surface area (Å²) < 4.78 is 0. The molecule has 5 fully saturated rings. The highest BCUT2D eigenvalue weighted by molar-refractivity contribution is 6.31. The number of nitrogens with zero attached hydrogens (tertiary/aromatic N) is 8. The molecule has 5 saturated heterocycles. The molecular formula is C88H123Cl5N8O10. The van der Waals surface area contributed by atoms with Gasteiger partial charge in [0.2, 0.25) is 17.7 Å². The summed E-state index contributed by atoms with van der Waals surface area (Å²) >= 11 is 29.8. The number of Topliss-reactive ketones (excluding diaryl/α,β-unsaturated/α-hetero) is 5. The first-order valence-electron chi connectivity index (χ1n) is 39.8. The topological polar surface area (TPSA) is 203 Å². The minimum atomic E-state index is -0.184. The van der Waals surface area contributed by atoms with Gasteiger partial charge in [-0.3, -0.25) is 53.1 Å². The van der Waals surface area contributed by atoms with E-state index < -0.39 is 0 Å². The zero-order valence-electron chi connectivity index (χ0n) is 67.8. The Morgan fingerprint density at radius 3 is 0.550 bits per heavy atom. The summed E-state index contributed by atoms with van der Waals surface area (Å²) in [6.45, 7) is 40.6. The molecule has 3 amide bonds. The average Bonchev–Trinajstić information content (AvgIpc) is 0.860. The molecule has 5 aliphatic heterocycles. The number of benzene rings is 5. The monoisotopic (exact) mass is 1630 g/mol. The van der Waals surface area contributed by atoms with Crippen molar-refractivity contribution in [1.82, 2.24) is 39.2 Å². The first kappa shape index (κ1) is 93.9. The van der Waals surface area contributed by atoms with E-state index in [0.29, 0.717) is 44.7 Å². The quantitative estimate of drug-likeness (QED) is 0.0558. The Morgan fingerprint density at radius 2 is 0.414 bits per heavy atom. The molecule has 610 valence electrons. The van der Waals surface area contributed by atoms with Gasteiger partial charge in [0.25, 0.3) is 0 Å². The van der Waals surface area contributed by atoms with Gasteiger partial charge in [0.1, 0.15) is 28.9 Å². The molecule has 0 saturated carbocycles. The molecule has 10 rings (SSSR count). The normalized spacial score (nSPS) is 17.9. The minimum Gasteiger partial charge on any atom is -0.393 e. The molecule has 5 aromatic carbocycles. The number of carbonyl (C=O) groups excluding carboxylic acids is 8. The molecule has 111 heavy (non-hydrogen) atoms. The lowest BCUT2D eigenvalue weighted by molar-refractivity contribution is -0.131. The van der Waals surface area contributed by atoms with Crippen molar-refractivity contribution in [1.29, 1.82) is 0 Å². The summed E-state index contributed by atoms with van der Waals surface area (Å²) in [5.41, 5.74) is 5.11. The molecule has 23 heteroatoms. The number of hydrogen-bond acceptors (Lipinski definition) is 15. The number of halogens is 5. The predicted molar refractivity (Wildman–Crippen MR) is 450 cm³/mol. The number of hydrogen-bond donors (Lipinski definition) is 2. The van der Waals surface area contributed by atoms with Gasteiger partial charge in [-0.25, -0.2) is 0 Å². The van der Waals surface area contributed by atoms with Crippen molar-refractivity contribution >= 4 is 105 Å². The van der Waals surface area contributed by atoms with Crippen molar-refractivity contribution in [2.45, 2.75) is 157 Å². The van der Waals surface area contributed by atoms with Gasteiger partial charge < -0.3 is 34.7 Å². The third kappa shape index (κ3) is 31.3. The van der Waals surface area contributed by atoms with Gasteiger partial charge in [-0.2, -0.15) is 0 Å². The van der Waals surface area contributed by atoms with E-state index in [4.69, 9.17) is 58.0 Å². The van der Waals surface area contributed by atoms with Crippen LogP contribution in [0.15, 0.2) is 121 Å². The zero-order chi connectivity index (χ0) is 81.8. The van der Waals surface area contributed by atoms with E-state index in [0.717, 1.165) is 171 Å². The third-order valence-corrected chi connectivity index (χ3v) is 23.0. The minimum absolute atomic E-state index is 0.00538. The lowest BCUT2D eigenvalue weighted by Crippen LogP contribution is -2.49. The van der Waals surface area contributed by atoms with Crippen molar-refractivity contribution in [3.05, 3.63) is 174 Å². The van der Waals surface area contributed by atoms with Crippen LogP contribution in [-0.4, -0.2) is 246 Å².